The normalized spacial score (nSPS) is 15.6. The second kappa shape index (κ2) is 5.22. The molecule has 0 N–H and O–H groups in total. The second-order valence-electron chi connectivity index (χ2n) is 4.07. The molecule has 1 aliphatic rings. The van der Waals surface area contributed by atoms with E-state index in [-0.39, 0.29) is 29.1 Å². The predicted molar refractivity (Wildman–Crippen MR) is 66.4 cm³/mol. The van der Waals surface area contributed by atoms with E-state index in [0.29, 0.717) is 0 Å². The van der Waals surface area contributed by atoms with Crippen molar-refractivity contribution in [2.24, 2.45) is 0 Å². The predicted octanol–water partition coefficient (Wildman–Crippen LogP) is 1.80. The molecule has 1 aliphatic carbocycles. The molecule has 5 nitrogen and oxygen atoms in total. The highest BCUT2D eigenvalue weighted by Gasteiger charge is 2.37. The maximum Gasteiger partial charge on any atom is 0.243 e. The molecule has 0 unspecified atom stereocenters. The number of aromatic nitrogens is 1. The Morgan fingerprint density at radius 1 is 1.56 bits per heavy atom. The van der Waals surface area contributed by atoms with Crippen molar-refractivity contribution >= 4 is 21.6 Å². The van der Waals surface area contributed by atoms with Crippen molar-refractivity contribution in [3.63, 3.8) is 0 Å². The number of sulfonamides is 1. The van der Waals surface area contributed by atoms with Crippen LogP contribution in [0.2, 0.25) is 5.15 Å². The Bertz CT molecular complexity index is 578. The van der Waals surface area contributed by atoms with Crippen molar-refractivity contribution in [2.75, 3.05) is 6.54 Å². The molecule has 1 saturated carbocycles. The van der Waals surface area contributed by atoms with Crippen LogP contribution >= 0.6 is 11.6 Å². The lowest BCUT2D eigenvalue weighted by Gasteiger charge is -2.20. The number of hydrogen-bond donors (Lipinski definition) is 0. The molecule has 96 valence electrons. The smallest absolute Gasteiger partial charge is 0.243 e. The highest BCUT2D eigenvalue weighted by atomic mass is 35.5. The molecule has 0 bridgehead atoms. The zero-order valence-corrected chi connectivity index (χ0v) is 11.2. The average molecular weight is 286 g/mol. The summed E-state index contributed by atoms with van der Waals surface area (Å²) < 4.78 is 26.2. The van der Waals surface area contributed by atoms with E-state index in [1.807, 2.05) is 6.07 Å². The number of nitrogens with zero attached hydrogens (tertiary/aromatic N) is 3. The van der Waals surface area contributed by atoms with Gasteiger partial charge in [0.2, 0.25) is 10.0 Å². The van der Waals surface area contributed by atoms with E-state index < -0.39 is 10.0 Å². The molecule has 1 aromatic heterocycles. The van der Waals surface area contributed by atoms with Crippen LogP contribution in [0.3, 0.4) is 0 Å². The summed E-state index contributed by atoms with van der Waals surface area (Å²) in [5.41, 5.74) is 0. The molecule has 2 rings (SSSR count). The first-order valence-electron chi connectivity index (χ1n) is 5.56. The lowest BCUT2D eigenvalue weighted by molar-refractivity contribution is 0.411. The van der Waals surface area contributed by atoms with Crippen LogP contribution in [-0.2, 0) is 10.0 Å². The van der Waals surface area contributed by atoms with Gasteiger partial charge in [0.05, 0.1) is 11.0 Å². The zero-order valence-electron chi connectivity index (χ0n) is 9.58. The van der Waals surface area contributed by atoms with Crippen LogP contribution in [-0.4, -0.2) is 30.3 Å². The Balaban J connectivity index is 2.30. The van der Waals surface area contributed by atoms with Crippen LogP contribution < -0.4 is 0 Å². The first-order chi connectivity index (χ1) is 8.55. The first-order valence-corrected chi connectivity index (χ1v) is 7.38. The minimum absolute atomic E-state index is 0.0234. The van der Waals surface area contributed by atoms with Crippen molar-refractivity contribution < 1.29 is 8.42 Å². The molecule has 0 atom stereocenters. The minimum atomic E-state index is -3.57. The Morgan fingerprint density at radius 2 is 2.28 bits per heavy atom. The van der Waals surface area contributed by atoms with Gasteiger partial charge in [0, 0.05) is 25.2 Å². The monoisotopic (exact) mass is 285 g/mol. The highest BCUT2D eigenvalue weighted by molar-refractivity contribution is 7.89. The van der Waals surface area contributed by atoms with Gasteiger partial charge in [-0.1, -0.05) is 11.6 Å². The van der Waals surface area contributed by atoms with Crippen molar-refractivity contribution in [3.05, 3.63) is 23.5 Å². The molecule has 18 heavy (non-hydrogen) atoms. The van der Waals surface area contributed by atoms with E-state index >= 15 is 0 Å². The molecule has 0 spiro atoms. The summed E-state index contributed by atoms with van der Waals surface area (Å²) >= 11 is 5.71. The number of pyridine rings is 1. The van der Waals surface area contributed by atoms with Gasteiger partial charge in [0.15, 0.2) is 0 Å². The lowest BCUT2D eigenvalue weighted by Crippen LogP contribution is -2.34. The second-order valence-corrected chi connectivity index (χ2v) is 6.35. The van der Waals surface area contributed by atoms with E-state index in [9.17, 15) is 8.42 Å². The average Bonchev–Trinajstić information content (AvgIpc) is 3.14. The Labute approximate surface area is 111 Å². The van der Waals surface area contributed by atoms with Crippen LogP contribution in [0, 0.1) is 11.3 Å². The summed E-state index contributed by atoms with van der Waals surface area (Å²) in [6.45, 7) is 0.226. The van der Waals surface area contributed by atoms with E-state index in [2.05, 4.69) is 4.98 Å². The fourth-order valence-corrected chi connectivity index (χ4v) is 3.64. The number of halogens is 1. The number of hydrogen-bond acceptors (Lipinski definition) is 4. The fourth-order valence-electron chi connectivity index (χ4n) is 1.70. The van der Waals surface area contributed by atoms with Crippen molar-refractivity contribution in [1.82, 2.24) is 9.29 Å². The van der Waals surface area contributed by atoms with E-state index in [1.54, 1.807) is 0 Å². The third kappa shape index (κ3) is 2.80. The molecule has 0 amide bonds. The van der Waals surface area contributed by atoms with Gasteiger partial charge in [0.25, 0.3) is 0 Å². The van der Waals surface area contributed by atoms with Gasteiger partial charge < -0.3 is 0 Å². The third-order valence-corrected chi connectivity index (χ3v) is 4.86. The van der Waals surface area contributed by atoms with Gasteiger partial charge in [-0.05, 0) is 25.0 Å². The van der Waals surface area contributed by atoms with Crippen LogP contribution in [0.5, 0.6) is 0 Å². The maximum absolute atomic E-state index is 12.4. The van der Waals surface area contributed by atoms with Gasteiger partial charge in [-0.25, -0.2) is 13.4 Å². The maximum atomic E-state index is 12.4. The minimum Gasteiger partial charge on any atom is -0.244 e. The molecule has 0 aliphatic heterocycles. The molecule has 1 heterocycles. The molecule has 0 saturated heterocycles. The number of rotatable bonds is 5. The zero-order chi connectivity index (χ0) is 13.2. The SMILES string of the molecule is N#CCCN(C1CC1)S(=O)(=O)c1ccnc(Cl)c1. The molecular weight excluding hydrogens is 274 g/mol. The van der Waals surface area contributed by atoms with E-state index in [0.717, 1.165) is 12.8 Å². The largest absolute Gasteiger partial charge is 0.244 e. The lowest BCUT2D eigenvalue weighted by atomic mass is 10.4. The number of nitriles is 1. The summed E-state index contributed by atoms with van der Waals surface area (Å²) in [5, 5.41) is 8.74. The van der Waals surface area contributed by atoms with Gasteiger partial charge in [0.1, 0.15) is 5.15 Å². The summed E-state index contributed by atoms with van der Waals surface area (Å²) in [4.78, 5) is 3.90. The fraction of sp³-hybridized carbons (Fsp3) is 0.455. The quantitative estimate of drug-likeness (QED) is 0.773. The van der Waals surface area contributed by atoms with E-state index in [1.165, 1.54) is 22.6 Å². The van der Waals surface area contributed by atoms with Gasteiger partial charge in [-0.15, -0.1) is 0 Å². The first kappa shape index (κ1) is 13.3. The standard InChI is InChI=1S/C11H12ClN3O2S/c12-11-8-10(4-6-14-11)18(16,17)15(7-1-5-13)9-2-3-9/h4,6,8-9H,1-3,7H2. The molecule has 0 aromatic carbocycles. The summed E-state index contributed by atoms with van der Waals surface area (Å²) in [6, 6.07) is 4.75. The Morgan fingerprint density at radius 3 is 2.83 bits per heavy atom. The molecule has 7 heteroatoms. The third-order valence-electron chi connectivity index (χ3n) is 2.70. The van der Waals surface area contributed by atoms with Gasteiger partial charge >= 0.3 is 0 Å². The molecule has 0 radical (unpaired) electrons. The van der Waals surface area contributed by atoms with Crippen molar-refractivity contribution in [3.8, 4) is 6.07 Å². The van der Waals surface area contributed by atoms with Gasteiger partial charge in [-0.2, -0.15) is 9.57 Å². The van der Waals surface area contributed by atoms with Crippen molar-refractivity contribution in [1.29, 1.82) is 5.26 Å². The summed E-state index contributed by atoms with van der Waals surface area (Å²) in [7, 11) is -3.57. The van der Waals surface area contributed by atoms with Crippen LogP contribution in [0.4, 0.5) is 0 Å². The Kier molecular flexibility index (Phi) is 3.85. The molecular formula is C11H12ClN3O2S. The van der Waals surface area contributed by atoms with Crippen LogP contribution in [0.15, 0.2) is 23.2 Å². The van der Waals surface area contributed by atoms with Crippen LogP contribution in [0.25, 0.3) is 0 Å². The molecule has 1 fully saturated rings. The van der Waals surface area contributed by atoms with E-state index in [4.69, 9.17) is 16.9 Å². The van der Waals surface area contributed by atoms with Crippen molar-refractivity contribution in [2.45, 2.75) is 30.2 Å². The molecule has 1 aromatic rings. The highest BCUT2D eigenvalue weighted by Crippen LogP contribution is 2.32. The Hall–Kier alpha value is -1.16. The van der Waals surface area contributed by atoms with Crippen LogP contribution in [0.1, 0.15) is 19.3 Å². The summed E-state index contributed by atoms with van der Waals surface area (Å²) in [6.07, 6.45) is 3.26. The van der Waals surface area contributed by atoms with Gasteiger partial charge in [-0.3, -0.25) is 0 Å². The summed E-state index contributed by atoms with van der Waals surface area (Å²) in [5.74, 6) is 0. The topological polar surface area (TPSA) is 74.1 Å².